The van der Waals surface area contributed by atoms with Crippen LogP contribution in [0.5, 0.6) is 0 Å². The van der Waals surface area contributed by atoms with Gasteiger partial charge in [-0.25, -0.2) is 0 Å². The Bertz CT molecular complexity index is 865. The number of nitrogens with one attached hydrogen (secondary N) is 1. The molecule has 1 saturated carbocycles. The van der Waals surface area contributed by atoms with Crippen molar-refractivity contribution >= 4 is 23.2 Å². The summed E-state index contributed by atoms with van der Waals surface area (Å²) in [4.78, 5) is 12.3. The van der Waals surface area contributed by atoms with Crippen LogP contribution in [0.4, 0.5) is 5.69 Å². The summed E-state index contributed by atoms with van der Waals surface area (Å²) in [5.74, 6) is 0.914. The normalized spacial score (nSPS) is 13.9. The van der Waals surface area contributed by atoms with Gasteiger partial charge in [-0.05, 0) is 43.0 Å². The average Bonchev–Trinajstić information content (AvgIpc) is 3.07. The molecule has 1 aliphatic carbocycles. The van der Waals surface area contributed by atoms with E-state index in [0.29, 0.717) is 16.5 Å². The first-order chi connectivity index (χ1) is 11.7. The SMILES string of the molecule is O=C(Nc1cnn(CC2CC2)c1)c1cc(-c2ccc(Cl)cc2)on1. The second-order valence-corrected chi connectivity index (χ2v) is 6.37. The highest BCUT2D eigenvalue weighted by molar-refractivity contribution is 6.30. The first-order valence-corrected chi connectivity index (χ1v) is 8.11. The minimum absolute atomic E-state index is 0.217. The van der Waals surface area contributed by atoms with Crippen LogP contribution in [0, 0.1) is 5.92 Å². The first kappa shape index (κ1) is 15.0. The predicted molar refractivity (Wildman–Crippen MR) is 89.9 cm³/mol. The summed E-state index contributed by atoms with van der Waals surface area (Å²) in [6, 6.07) is 8.74. The molecule has 1 aromatic carbocycles. The molecule has 24 heavy (non-hydrogen) atoms. The Balaban J connectivity index is 1.44. The highest BCUT2D eigenvalue weighted by Crippen LogP contribution is 2.30. The van der Waals surface area contributed by atoms with Gasteiger partial charge < -0.3 is 9.84 Å². The van der Waals surface area contributed by atoms with Crippen molar-refractivity contribution in [1.29, 1.82) is 0 Å². The van der Waals surface area contributed by atoms with Crippen LogP contribution in [0.25, 0.3) is 11.3 Å². The fourth-order valence-electron chi connectivity index (χ4n) is 2.42. The van der Waals surface area contributed by atoms with E-state index in [1.165, 1.54) is 12.8 Å². The Morgan fingerprint density at radius 2 is 2.12 bits per heavy atom. The predicted octanol–water partition coefficient (Wildman–Crippen LogP) is 3.85. The summed E-state index contributed by atoms with van der Waals surface area (Å²) in [6.45, 7) is 0.903. The summed E-state index contributed by atoms with van der Waals surface area (Å²) < 4.78 is 7.10. The topological polar surface area (TPSA) is 73.0 Å². The summed E-state index contributed by atoms with van der Waals surface area (Å²) in [7, 11) is 0. The molecule has 3 aromatic rings. The van der Waals surface area contributed by atoms with Gasteiger partial charge in [0.1, 0.15) is 0 Å². The lowest BCUT2D eigenvalue weighted by Crippen LogP contribution is -2.11. The molecule has 0 unspecified atom stereocenters. The van der Waals surface area contributed by atoms with Crippen molar-refractivity contribution in [3.8, 4) is 11.3 Å². The van der Waals surface area contributed by atoms with E-state index in [0.717, 1.165) is 18.0 Å². The zero-order valence-corrected chi connectivity index (χ0v) is 13.5. The Morgan fingerprint density at radius 3 is 2.88 bits per heavy atom. The quantitative estimate of drug-likeness (QED) is 0.764. The molecule has 1 amide bonds. The van der Waals surface area contributed by atoms with Gasteiger partial charge >= 0.3 is 0 Å². The maximum absolute atomic E-state index is 12.3. The van der Waals surface area contributed by atoms with Gasteiger partial charge in [0, 0.05) is 29.4 Å². The molecule has 4 rings (SSSR count). The molecule has 7 heteroatoms. The number of hydrogen-bond acceptors (Lipinski definition) is 4. The molecular weight excluding hydrogens is 328 g/mol. The number of aromatic nitrogens is 3. The van der Waals surface area contributed by atoms with Gasteiger partial charge in [0.15, 0.2) is 11.5 Å². The molecule has 1 fully saturated rings. The fourth-order valence-corrected chi connectivity index (χ4v) is 2.55. The van der Waals surface area contributed by atoms with E-state index < -0.39 is 0 Å². The molecule has 0 aliphatic heterocycles. The molecular formula is C17H15ClN4O2. The molecule has 0 atom stereocenters. The lowest BCUT2D eigenvalue weighted by Gasteiger charge is -1.98. The van der Waals surface area contributed by atoms with Gasteiger partial charge in [-0.2, -0.15) is 5.10 Å². The van der Waals surface area contributed by atoms with Crippen molar-refractivity contribution in [3.05, 3.63) is 53.4 Å². The van der Waals surface area contributed by atoms with Crippen LogP contribution in [-0.4, -0.2) is 20.8 Å². The smallest absolute Gasteiger partial charge is 0.277 e. The minimum atomic E-state index is -0.329. The number of rotatable bonds is 5. The Hall–Kier alpha value is -2.60. The molecule has 0 spiro atoms. The van der Waals surface area contributed by atoms with Crippen molar-refractivity contribution in [3.63, 3.8) is 0 Å². The van der Waals surface area contributed by atoms with E-state index in [1.807, 2.05) is 23.0 Å². The third-order valence-electron chi connectivity index (χ3n) is 3.90. The molecule has 0 saturated heterocycles. The van der Waals surface area contributed by atoms with Crippen LogP contribution >= 0.6 is 11.6 Å². The molecule has 6 nitrogen and oxygen atoms in total. The highest BCUT2D eigenvalue weighted by Gasteiger charge is 2.22. The second kappa shape index (κ2) is 6.13. The zero-order valence-electron chi connectivity index (χ0n) is 12.8. The minimum Gasteiger partial charge on any atom is -0.355 e. The van der Waals surface area contributed by atoms with Crippen LogP contribution in [0.2, 0.25) is 5.02 Å². The number of halogens is 1. The Labute approximate surface area is 143 Å². The first-order valence-electron chi connectivity index (χ1n) is 7.74. The second-order valence-electron chi connectivity index (χ2n) is 5.93. The lowest BCUT2D eigenvalue weighted by atomic mass is 10.1. The summed E-state index contributed by atoms with van der Waals surface area (Å²) in [5.41, 5.74) is 1.68. The fraction of sp³-hybridized carbons (Fsp3) is 0.235. The lowest BCUT2D eigenvalue weighted by molar-refractivity contribution is 0.101. The summed E-state index contributed by atoms with van der Waals surface area (Å²) >= 11 is 5.86. The number of benzene rings is 1. The van der Waals surface area contributed by atoms with Crippen LogP contribution in [0.1, 0.15) is 23.3 Å². The van der Waals surface area contributed by atoms with Crippen molar-refractivity contribution in [2.45, 2.75) is 19.4 Å². The van der Waals surface area contributed by atoms with Crippen LogP contribution in [0.3, 0.4) is 0 Å². The number of nitrogens with zero attached hydrogens (tertiary/aromatic N) is 3. The van der Waals surface area contributed by atoms with Gasteiger partial charge in [0.05, 0.1) is 11.9 Å². The molecule has 122 valence electrons. The standard InChI is InChI=1S/C17H15ClN4O2/c18-13-5-3-12(4-6-13)16-7-15(21-24-16)17(23)20-14-8-19-22(10-14)9-11-1-2-11/h3-8,10-11H,1-2,9H2,(H,20,23). The van der Waals surface area contributed by atoms with E-state index in [2.05, 4.69) is 15.6 Å². The van der Waals surface area contributed by atoms with E-state index in [9.17, 15) is 4.79 Å². The monoisotopic (exact) mass is 342 g/mol. The number of carbonyl (C=O) groups is 1. The molecule has 0 bridgehead atoms. The van der Waals surface area contributed by atoms with Gasteiger partial charge in [-0.3, -0.25) is 9.48 Å². The largest absolute Gasteiger partial charge is 0.355 e. The van der Waals surface area contributed by atoms with Crippen LogP contribution in [-0.2, 0) is 6.54 Å². The van der Waals surface area contributed by atoms with E-state index >= 15 is 0 Å². The third-order valence-corrected chi connectivity index (χ3v) is 4.16. The van der Waals surface area contributed by atoms with Crippen molar-refractivity contribution in [2.24, 2.45) is 5.92 Å². The molecule has 1 aliphatic rings. The number of amides is 1. The number of anilines is 1. The van der Waals surface area contributed by atoms with Gasteiger partial charge in [0.25, 0.3) is 5.91 Å². The molecule has 2 aromatic heterocycles. The van der Waals surface area contributed by atoms with E-state index in [4.69, 9.17) is 16.1 Å². The Kier molecular flexibility index (Phi) is 3.82. The van der Waals surface area contributed by atoms with Crippen LogP contribution in [0.15, 0.2) is 47.2 Å². The molecule has 2 heterocycles. The van der Waals surface area contributed by atoms with Gasteiger partial charge in [-0.15, -0.1) is 0 Å². The van der Waals surface area contributed by atoms with E-state index in [1.54, 1.807) is 24.4 Å². The van der Waals surface area contributed by atoms with Crippen molar-refractivity contribution in [1.82, 2.24) is 14.9 Å². The summed E-state index contributed by atoms with van der Waals surface area (Å²) in [6.07, 6.45) is 5.98. The number of hydrogen-bond donors (Lipinski definition) is 1. The molecule has 1 N–H and O–H groups in total. The summed E-state index contributed by atoms with van der Waals surface area (Å²) in [5, 5.41) is 11.5. The third kappa shape index (κ3) is 3.33. The van der Waals surface area contributed by atoms with Crippen molar-refractivity contribution < 1.29 is 9.32 Å². The van der Waals surface area contributed by atoms with Gasteiger partial charge in [0.2, 0.25) is 0 Å². The maximum Gasteiger partial charge on any atom is 0.277 e. The maximum atomic E-state index is 12.3. The Morgan fingerprint density at radius 1 is 1.33 bits per heavy atom. The number of carbonyl (C=O) groups excluding carboxylic acids is 1. The molecule has 0 radical (unpaired) electrons. The van der Waals surface area contributed by atoms with E-state index in [-0.39, 0.29) is 11.6 Å². The average molecular weight is 343 g/mol. The zero-order chi connectivity index (χ0) is 16.5. The highest BCUT2D eigenvalue weighted by atomic mass is 35.5. The van der Waals surface area contributed by atoms with Crippen LogP contribution < -0.4 is 5.32 Å². The van der Waals surface area contributed by atoms with Crippen molar-refractivity contribution in [2.75, 3.05) is 5.32 Å². The van der Waals surface area contributed by atoms with Gasteiger partial charge in [-0.1, -0.05) is 16.8 Å².